The van der Waals surface area contributed by atoms with Crippen molar-refractivity contribution in [1.82, 2.24) is 0 Å². The zero-order valence-corrected chi connectivity index (χ0v) is 10.3. The number of cyclic esters (lactones) is 1. The van der Waals surface area contributed by atoms with E-state index in [9.17, 15) is 9.59 Å². The molecule has 0 aromatic carbocycles. The van der Waals surface area contributed by atoms with Gasteiger partial charge in [0, 0.05) is 18.4 Å². The summed E-state index contributed by atoms with van der Waals surface area (Å²) in [5, 5.41) is 0. The van der Waals surface area contributed by atoms with E-state index in [1.54, 1.807) is 6.92 Å². The van der Waals surface area contributed by atoms with Gasteiger partial charge < -0.3 is 14.2 Å². The molecule has 0 saturated carbocycles. The quantitative estimate of drug-likeness (QED) is 0.541. The van der Waals surface area contributed by atoms with Gasteiger partial charge in [0.25, 0.3) is 0 Å². The minimum atomic E-state index is -0.475. The van der Waals surface area contributed by atoms with Gasteiger partial charge in [-0.1, -0.05) is 6.58 Å². The first-order valence-corrected chi connectivity index (χ1v) is 6.22. The summed E-state index contributed by atoms with van der Waals surface area (Å²) < 4.78 is 16.2. The Labute approximate surface area is 105 Å². The number of carbonyl (C=O) groups excluding carboxylic acids is 2. The van der Waals surface area contributed by atoms with E-state index >= 15 is 0 Å². The average molecular weight is 252 g/mol. The molecule has 1 spiro atoms. The fraction of sp³-hybridized carbons (Fsp3) is 0.692. The number of carbonyl (C=O) groups is 2. The summed E-state index contributed by atoms with van der Waals surface area (Å²) in [6, 6.07) is 0. The van der Waals surface area contributed by atoms with Crippen LogP contribution in [0.1, 0.15) is 26.2 Å². The highest BCUT2D eigenvalue weighted by atomic mass is 16.6. The molecule has 2 bridgehead atoms. The Morgan fingerprint density at radius 3 is 2.83 bits per heavy atom. The molecule has 3 saturated heterocycles. The van der Waals surface area contributed by atoms with E-state index in [-0.39, 0.29) is 30.3 Å². The van der Waals surface area contributed by atoms with E-state index in [0.717, 1.165) is 0 Å². The van der Waals surface area contributed by atoms with E-state index in [4.69, 9.17) is 14.2 Å². The van der Waals surface area contributed by atoms with Gasteiger partial charge in [0.2, 0.25) is 0 Å². The maximum Gasteiger partial charge on any atom is 0.333 e. The standard InChI is InChI=1S/C13H16O5/c1-7(2)11(14)18-8-5-10-13(6-9(8)17-10)3-4-16-12(13)15/h8-10H,1,3-6H2,2H3. The number of ether oxygens (including phenoxy) is 3. The Bertz CT molecular complexity index is 429. The Morgan fingerprint density at radius 1 is 1.56 bits per heavy atom. The second-order valence-corrected chi connectivity index (χ2v) is 5.37. The number of fused-ring (bicyclic) bond motifs is 3. The predicted molar refractivity (Wildman–Crippen MR) is 60.6 cm³/mol. The molecule has 0 aliphatic carbocycles. The Balaban J connectivity index is 1.69. The highest BCUT2D eigenvalue weighted by Crippen LogP contribution is 2.53. The number of hydrogen-bond acceptors (Lipinski definition) is 5. The lowest BCUT2D eigenvalue weighted by molar-refractivity contribution is -0.150. The van der Waals surface area contributed by atoms with Crippen LogP contribution in [0.5, 0.6) is 0 Å². The minimum absolute atomic E-state index is 0.153. The van der Waals surface area contributed by atoms with Crippen LogP contribution in [0.2, 0.25) is 0 Å². The highest BCUT2D eigenvalue weighted by molar-refractivity contribution is 5.87. The Morgan fingerprint density at radius 2 is 2.33 bits per heavy atom. The number of esters is 2. The summed E-state index contributed by atoms with van der Waals surface area (Å²) in [5.74, 6) is -0.543. The van der Waals surface area contributed by atoms with Crippen molar-refractivity contribution >= 4 is 11.9 Å². The van der Waals surface area contributed by atoms with Gasteiger partial charge in [-0.15, -0.1) is 0 Å². The highest BCUT2D eigenvalue weighted by Gasteiger charge is 2.63. The second-order valence-electron chi connectivity index (χ2n) is 5.37. The van der Waals surface area contributed by atoms with Crippen molar-refractivity contribution in [1.29, 1.82) is 0 Å². The fourth-order valence-corrected chi connectivity index (χ4v) is 3.15. The van der Waals surface area contributed by atoms with Crippen LogP contribution in [0, 0.1) is 5.41 Å². The monoisotopic (exact) mass is 252 g/mol. The third kappa shape index (κ3) is 1.50. The minimum Gasteiger partial charge on any atom is -0.465 e. The van der Waals surface area contributed by atoms with E-state index in [0.29, 0.717) is 31.4 Å². The molecule has 3 aliphatic rings. The molecule has 5 heteroatoms. The Kier molecular flexibility index (Phi) is 2.48. The van der Waals surface area contributed by atoms with E-state index in [1.165, 1.54) is 0 Å². The van der Waals surface area contributed by atoms with Crippen LogP contribution in [0.3, 0.4) is 0 Å². The molecule has 0 radical (unpaired) electrons. The first-order chi connectivity index (χ1) is 8.53. The number of hydrogen-bond donors (Lipinski definition) is 0. The number of rotatable bonds is 2. The molecule has 18 heavy (non-hydrogen) atoms. The lowest BCUT2D eigenvalue weighted by atomic mass is 9.72. The lowest BCUT2D eigenvalue weighted by Gasteiger charge is -2.29. The van der Waals surface area contributed by atoms with Gasteiger partial charge >= 0.3 is 11.9 Å². The maximum atomic E-state index is 11.8. The molecule has 3 rings (SSSR count). The molecule has 3 fully saturated rings. The van der Waals surface area contributed by atoms with Crippen LogP contribution in [-0.4, -0.2) is 36.9 Å². The van der Waals surface area contributed by atoms with Crippen LogP contribution >= 0.6 is 0 Å². The third-order valence-electron chi connectivity index (χ3n) is 4.18. The van der Waals surface area contributed by atoms with Crippen molar-refractivity contribution in [3.05, 3.63) is 12.2 Å². The summed E-state index contributed by atoms with van der Waals surface area (Å²) in [6.07, 6.45) is 1.31. The first-order valence-electron chi connectivity index (χ1n) is 6.22. The molecular weight excluding hydrogens is 236 g/mol. The summed E-state index contributed by atoms with van der Waals surface area (Å²) in [5.41, 5.74) is -0.0932. The van der Waals surface area contributed by atoms with Crippen molar-refractivity contribution in [3.63, 3.8) is 0 Å². The molecule has 0 N–H and O–H groups in total. The molecule has 0 amide bonds. The average Bonchev–Trinajstić information content (AvgIpc) is 2.96. The molecule has 4 unspecified atom stereocenters. The largest absolute Gasteiger partial charge is 0.465 e. The third-order valence-corrected chi connectivity index (χ3v) is 4.18. The van der Waals surface area contributed by atoms with E-state index < -0.39 is 5.41 Å². The van der Waals surface area contributed by atoms with Crippen molar-refractivity contribution in [3.8, 4) is 0 Å². The van der Waals surface area contributed by atoms with Gasteiger partial charge in [0.1, 0.15) is 11.5 Å². The van der Waals surface area contributed by atoms with Crippen LogP contribution < -0.4 is 0 Å². The van der Waals surface area contributed by atoms with Gasteiger partial charge in [0.05, 0.1) is 18.8 Å². The Hall–Kier alpha value is -1.36. The van der Waals surface area contributed by atoms with Crippen molar-refractivity contribution < 1.29 is 23.8 Å². The topological polar surface area (TPSA) is 61.8 Å². The lowest BCUT2D eigenvalue weighted by Crippen LogP contribution is -2.42. The van der Waals surface area contributed by atoms with Crippen molar-refractivity contribution in [2.24, 2.45) is 5.41 Å². The maximum absolute atomic E-state index is 11.8. The van der Waals surface area contributed by atoms with Crippen LogP contribution in [0.15, 0.2) is 12.2 Å². The summed E-state index contributed by atoms with van der Waals surface area (Å²) >= 11 is 0. The SMILES string of the molecule is C=C(C)C(=O)OC1CC2OC1CC21CCOC1=O. The van der Waals surface area contributed by atoms with E-state index in [1.807, 2.05) is 0 Å². The summed E-state index contributed by atoms with van der Waals surface area (Å²) in [7, 11) is 0. The predicted octanol–water partition coefficient (Wildman–Crippen LogP) is 0.969. The molecule has 5 nitrogen and oxygen atoms in total. The van der Waals surface area contributed by atoms with Crippen LogP contribution in [-0.2, 0) is 23.8 Å². The molecule has 3 heterocycles. The smallest absolute Gasteiger partial charge is 0.333 e. The first kappa shape index (κ1) is 11.7. The molecule has 4 atom stereocenters. The van der Waals surface area contributed by atoms with Crippen molar-refractivity contribution in [2.45, 2.75) is 44.5 Å². The molecule has 98 valence electrons. The molecule has 3 aliphatic heterocycles. The summed E-state index contributed by atoms with van der Waals surface area (Å²) in [4.78, 5) is 23.3. The van der Waals surface area contributed by atoms with Gasteiger partial charge in [0.15, 0.2) is 0 Å². The summed E-state index contributed by atoms with van der Waals surface area (Å²) in [6.45, 7) is 5.64. The van der Waals surface area contributed by atoms with Gasteiger partial charge in [-0.2, -0.15) is 0 Å². The zero-order valence-electron chi connectivity index (χ0n) is 10.3. The van der Waals surface area contributed by atoms with Gasteiger partial charge in [-0.3, -0.25) is 4.79 Å². The molecule has 0 aromatic heterocycles. The van der Waals surface area contributed by atoms with E-state index in [2.05, 4.69) is 6.58 Å². The van der Waals surface area contributed by atoms with Crippen LogP contribution in [0.25, 0.3) is 0 Å². The van der Waals surface area contributed by atoms with Crippen LogP contribution in [0.4, 0.5) is 0 Å². The second kappa shape index (κ2) is 3.82. The molecular formula is C13H16O5. The zero-order chi connectivity index (χ0) is 12.9. The van der Waals surface area contributed by atoms with Gasteiger partial charge in [-0.05, 0) is 13.3 Å². The van der Waals surface area contributed by atoms with Gasteiger partial charge in [-0.25, -0.2) is 4.79 Å². The molecule has 0 aromatic rings. The normalized spacial score (nSPS) is 41.2. The fourth-order valence-electron chi connectivity index (χ4n) is 3.15. The van der Waals surface area contributed by atoms with Crippen molar-refractivity contribution in [2.75, 3.05) is 6.61 Å².